The average Bonchev–Trinajstić information content (AvgIpc) is 2.69. The van der Waals surface area contributed by atoms with Gasteiger partial charge in [0.25, 0.3) is 0 Å². The van der Waals surface area contributed by atoms with Gasteiger partial charge < -0.3 is 14.5 Å². The average molecular weight is 333 g/mol. The summed E-state index contributed by atoms with van der Waals surface area (Å²) in [5.41, 5.74) is 0.326. The summed E-state index contributed by atoms with van der Waals surface area (Å²) in [4.78, 5) is 15.2. The van der Waals surface area contributed by atoms with E-state index in [1.165, 1.54) is 0 Å². The summed E-state index contributed by atoms with van der Waals surface area (Å²) >= 11 is 17.9. The summed E-state index contributed by atoms with van der Waals surface area (Å²) in [6, 6.07) is 1.57. The van der Waals surface area contributed by atoms with Crippen LogP contribution in [0.1, 0.15) is 12.5 Å². The Hall–Kier alpha value is -1.36. The van der Waals surface area contributed by atoms with E-state index in [1.54, 1.807) is 6.07 Å². The molecule has 1 aromatic carbocycles. The number of halogens is 3. The molecule has 0 unspecified atom stereocenters. The second-order valence-corrected chi connectivity index (χ2v) is 5.48. The number of nitrogens with one attached hydrogen (secondary N) is 1. The third-order valence-electron chi connectivity index (χ3n) is 3.19. The summed E-state index contributed by atoms with van der Waals surface area (Å²) in [7, 11) is 0. The van der Waals surface area contributed by atoms with Crippen molar-refractivity contribution in [3.8, 4) is 5.75 Å². The lowest BCUT2D eigenvalue weighted by Gasteiger charge is -2.07. The van der Waals surface area contributed by atoms with Crippen LogP contribution in [0.25, 0.3) is 22.1 Å². The number of aryl methyl sites for hydroxylation is 1. The molecule has 7 heteroatoms. The zero-order valence-electron chi connectivity index (χ0n) is 10.2. The Morgan fingerprint density at radius 3 is 2.65 bits per heavy atom. The Labute approximate surface area is 127 Å². The molecule has 0 atom stereocenters. The predicted octanol–water partition coefficient (Wildman–Crippen LogP) is 4.50. The molecule has 2 heterocycles. The van der Waals surface area contributed by atoms with Crippen LogP contribution in [0.3, 0.4) is 0 Å². The van der Waals surface area contributed by atoms with Gasteiger partial charge in [0.1, 0.15) is 21.7 Å². The molecule has 0 saturated heterocycles. The second kappa shape index (κ2) is 4.58. The van der Waals surface area contributed by atoms with Crippen LogP contribution < -0.4 is 5.43 Å². The highest BCUT2D eigenvalue weighted by Crippen LogP contribution is 2.37. The summed E-state index contributed by atoms with van der Waals surface area (Å²) < 4.78 is 5.52. The van der Waals surface area contributed by atoms with Crippen molar-refractivity contribution in [1.82, 2.24) is 4.98 Å². The number of H-pyrrole nitrogens is 1. The van der Waals surface area contributed by atoms with Gasteiger partial charge in [-0.25, -0.2) is 0 Å². The van der Waals surface area contributed by atoms with Crippen LogP contribution >= 0.6 is 34.8 Å². The number of aromatic hydroxyl groups is 1. The van der Waals surface area contributed by atoms with Gasteiger partial charge in [-0.3, -0.25) is 4.79 Å². The van der Waals surface area contributed by atoms with Crippen molar-refractivity contribution in [2.45, 2.75) is 13.3 Å². The van der Waals surface area contributed by atoms with E-state index < -0.39 is 5.43 Å². The quantitative estimate of drug-likeness (QED) is 0.689. The number of hydrogen-bond donors (Lipinski definition) is 2. The van der Waals surface area contributed by atoms with Gasteiger partial charge in [-0.05, 0) is 18.1 Å². The first kappa shape index (κ1) is 13.6. The van der Waals surface area contributed by atoms with Gasteiger partial charge in [-0.2, -0.15) is 0 Å². The first-order chi connectivity index (χ1) is 9.45. The Bertz CT molecular complexity index is 911. The van der Waals surface area contributed by atoms with Crippen LogP contribution in [0.15, 0.2) is 15.3 Å². The Balaban J connectivity index is 2.64. The Morgan fingerprint density at radius 2 is 2.00 bits per heavy atom. The number of rotatable bonds is 1. The predicted molar refractivity (Wildman–Crippen MR) is 80.4 cm³/mol. The fourth-order valence-electron chi connectivity index (χ4n) is 2.19. The van der Waals surface area contributed by atoms with Gasteiger partial charge in [0.05, 0.1) is 10.0 Å². The van der Waals surface area contributed by atoms with Gasteiger partial charge in [0, 0.05) is 0 Å². The SMILES string of the molecule is CCc1cc(Cl)c2oc3[nH]c(Cl)c(Cl)c3c(=O)c2c1O. The van der Waals surface area contributed by atoms with E-state index in [2.05, 4.69) is 4.98 Å². The molecule has 0 aliphatic heterocycles. The molecule has 20 heavy (non-hydrogen) atoms. The number of aromatic amines is 1. The minimum absolute atomic E-state index is 0.0133. The molecule has 0 radical (unpaired) electrons. The number of phenolic OH excluding ortho intramolecular Hbond substituents is 1. The number of hydrogen-bond acceptors (Lipinski definition) is 3. The van der Waals surface area contributed by atoms with E-state index in [-0.39, 0.29) is 43.0 Å². The molecule has 2 N–H and O–H groups in total. The van der Waals surface area contributed by atoms with Crippen molar-refractivity contribution in [1.29, 1.82) is 0 Å². The third-order valence-corrected chi connectivity index (χ3v) is 4.23. The number of phenols is 1. The first-order valence-electron chi connectivity index (χ1n) is 5.79. The molecule has 104 valence electrons. The second-order valence-electron chi connectivity index (χ2n) is 4.31. The van der Waals surface area contributed by atoms with E-state index in [9.17, 15) is 9.90 Å². The number of benzene rings is 1. The van der Waals surface area contributed by atoms with Gasteiger partial charge >= 0.3 is 0 Å². The number of aromatic nitrogens is 1. The minimum Gasteiger partial charge on any atom is -0.507 e. The maximum atomic E-state index is 12.5. The highest BCUT2D eigenvalue weighted by Gasteiger charge is 2.21. The van der Waals surface area contributed by atoms with E-state index >= 15 is 0 Å². The van der Waals surface area contributed by atoms with E-state index in [0.29, 0.717) is 12.0 Å². The van der Waals surface area contributed by atoms with Crippen LogP contribution in [0.4, 0.5) is 0 Å². The molecule has 0 spiro atoms. The van der Waals surface area contributed by atoms with Gasteiger partial charge in [-0.1, -0.05) is 41.7 Å². The van der Waals surface area contributed by atoms with Crippen LogP contribution in [0, 0.1) is 0 Å². The molecule has 4 nitrogen and oxygen atoms in total. The van der Waals surface area contributed by atoms with Crippen molar-refractivity contribution < 1.29 is 9.52 Å². The highest BCUT2D eigenvalue weighted by molar-refractivity contribution is 6.45. The van der Waals surface area contributed by atoms with Crippen molar-refractivity contribution in [2.75, 3.05) is 0 Å². The van der Waals surface area contributed by atoms with Crippen molar-refractivity contribution in [3.05, 3.63) is 37.1 Å². The fraction of sp³-hybridized carbons (Fsp3) is 0.154. The van der Waals surface area contributed by atoms with Crippen LogP contribution in [-0.2, 0) is 6.42 Å². The van der Waals surface area contributed by atoms with Gasteiger partial charge in [-0.15, -0.1) is 0 Å². The van der Waals surface area contributed by atoms with Crippen molar-refractivity contribution in [3.63, 3.8) is 0 Å². The maximum Gasteiger partial charge on any atom is 0.211 e. The zero-order valence-corrected chi connectivity index (χ0v) is 12.4. The van der Waals surface area contributed by atoms with Gasteiger partial charge in [0.2, 0.25) is 11.1 Å². The van der Waals surface area contributed by atoms with Crippen molar-refractivity contribution in [2.24, 2.45) is 0 Å². The fourth-order valence-corrected chi connectivity index (χ4v) is 2.85. The van der Waals surface area contributed by atoms with Crippen LogP contribution in [0.5, 0.6) is 5.75 Å². The normalized spacial score (nSPS) is 11.6. The maximum absolute atomic E-state index is 12.5. The lowest BCUT2D eigenvalue weighted by molar-refractivity contribution is 0.474. The summed E-state index contributed by atoms with van der Waals surface area (Å²) in [5.74, 6) is -0.143. The molecule has 0 aliphatic carbocycles. The smallest absolute Gasteiger partial charge is 0.211 e. The molecule has 3 aromatic rings. The summed E-state index contributed by atoms with van der Waals surface area (Å²) in [6.45, 7) is 1.84. The molecule has 0 saturated carbocycles. The zero-order chi connectivity index (χ0) is 14.6. The van der Waals surface area contributed by atoms with E-state index in [4.69, 9.17) is 39.2 Å². The van der Waals surface area contributed by atoms with E-state index in [0.717, 1.165) is 0 Å². The first-order valence-corrected chi connectivity index (χ1v) is 6.92. The highest BCUT2D eigenvalue weighted by atomic mass is 35.5. The topological polar surface area (TPSA) is 66.2 Å². The Kier molecular flexibility index (Phi) is 3.12. The largest absolute Gasteiger partial charge is 0.507 e. The molecule has 3 rings (SSSR count). The lowest BCUT2D eigenvalue weighted by Crippen LogP contribution is -2.03. The van der Waals surface area contributed by atoms with Crippen LogP contribution in [-0.4, -0.2) is 10.1 Å². The van der Waals surface area contributed by atoms with Gasteiger partial charge in [0.15, 0.2) is 5.58 Å². The molecular weight excluding hydrogens is 325 g/mol. The van der Waals surface area contributed by atoms with Crippen molar-refractivity contribution >= 4 is 56.9 Å². The standard InChI is InChI=1S/C13H8Cl3NO3/c1-2-4-3-5(14)11-7(9(4)18)10(19)6-8(15)12(16)17-13(6)20-11/h3,17-18H,2H2,1H3. The molecule has 2 aromatic heterocycles. The molecule has 0 bridgehead atoms. The number of fused-ring (bicyclic) bond motifs is 2. The minimum atomic E-state index is -0.468. The third kappa shape index (κ3) is 1.72. The lowest BCUT2D eigenvalue weighted by atomic mass is 10.1. The molecule has 0 aliphatic rings. The monoisotopic (exact) mass is 331 g/mol. The molecular formula is C13H8Cl3NO3. The van der Waals surface area contributed by atoms with Crippen LogP contribution in [0.2, 0.25) is 15.2 Å². The molecule has 0 amide bonds. The Morgan fingerprint density at radius 1 is 1.30 bits per heavy atom. The summed E-state index contributed by atoms with van der Waals surface area (Å²) in [6.07, 6.45) is 0.528. The summed E-state index contributed by atoms with van der Waals surface area (Å²) in [5, 5.41) is 10.7. The van der Waals surface area contributed by atoms with E-state index in [1.807, 2.05) is 6.92 Å². The molecule has 0 fully saturated rings.